The molecule has 1 N–H and O–H groups in total. The first-order valence-corrected chi connectivity index (χ1v) is 7.37. The van der Waals surface area contributed by atoms with Gasteiger partial charge >= 0.3 is 6.61 Å². The molecule has 0 aromatic heterocycles. The maximum Gasteiger partial charge on any atom is 0.387 e. The van der Waals surface area contributed by atoms with E-state index in [2.05, 4.69) is 17.0 Å². The van der Waals surface area contributed by atoms with E-state index in [4.69, 9.17) is 0 Å². The van der Waals surface area contributed by atoms with Gasteiger partial charge in [-0.05, 0) is 31.7 Å². The van der Waals surface area contributed by atoms with Gasteiger partial charge in [-0.25, -0.2) is 0 Å². The molecule has 20 heavy (non-hydrogen) atoms. The number of hydrogen-bond donors (Lipinski definition) is 1. The van der Waals surface area contributed by atoms with Gasteiger partial charge in [-0.2, -0.15) is 8.78 Å². The summed E-state index contributed by atoms with van der Waals surface area (Å²) in [6.45, 7) is 1.48. The van der Waals surface area contributed by atoms with Crippen molar-refractivity contribution in [3.05, 3.63) is 29.8 Å². The number of nitrogens with one attached hydrogen (secondary N) is 1. The summed E-state index contributed by atoms with van der Waals surface area (Å²) >= 11 is 0. The third kappa shape index (κ3) is 3.92. The minimum Gasteiger partial charge on any atom is -0.434 e. The molecule has 0 spiro atoms. The van der Waals surface area contributed by atoms with Crippen molar-refractivity contribution in [3.63, 3.8) is 0 Å². The number of halogens is 2. The van der Waals surface area contributed by atoms with Crippen molar-refractivity contribution in [2.24, 2.45) is 5.92 Å². The van der Waals surface area contributed by atoms with E-state index < -0.39 is 6.61 Å². The van der Waals surface area contributed by atoms with Gasteiger partial charge in [-0.3, -0.25) is 0 Å². The molecule has 2 nitrogen and oxygen atoms in total. The van der Waals surface area contributed by atoms with Gasteiger partial charge < -0.3 is 10.1 Å². The monoisotopic (exact) mass is 283 g/mol. The summed E-state index contributed by atoms with van der Waals surface area (Å²) in [5, 5.41) is 3.57. The fraction of sp³-hybridized carbons (Fsp3) is 0.625. The minimum atomic E-state index is -2.78. The average molecular weight is 283 g/mol. The second-order valence-corrected chi connectivity index (χ2v) is 5.67. The van der Waals surface area contributed by atoms with Gasteiger partial charge in [0, 0.05) is 17.6 Å². The van der Waals surface area contributed by atoms with Crippen molar-refractivity contribution in [1.29, 1.82) is 0 Å². The van der Waals surface area contributed by atoms with E-state index >= 15 is 0 Å². The molecule has 0 radical (unpaired) electrons. The Morgan fingerprint density at radius 1 is 1.20 bits per heavy atom. The Balaban J connectivity index is 2.06. The van der Waals surface area contributed by atoms with Crippen molar-refractivity contribution in [2.45, 2.75) is 58.2 Å². The Hall–Kier alpha value is -1.16. The number of rotatable bonds is 5. The number of hydrogen-bond acceptors (Lipinski definition) is 2. The SMILES string of the molecule is CC(NC1CCCCC1C)c1ccccc1OC(F)F. The summed E-state index contributed by atoms with van der Waals surface area (Å²) in [4.78, 5) is 0. The van der Waals surface area contributed by atoms with E-state index in [0.717, 1.165) is 12.0 Å². The predicted octanol–water partition coefficient (Wildman–Crippen LogP) is 4.52. The van der Waals surface area contributed by atoms with Gasteiger partial charge in [-0.15, -0.1) is 0 Å². The van der Waals surface area contributed by atoms with Gasteiger partial charge in [0.25, 0.3) is 0 Å². The minimum absolute atomic E-state index is 0.00972. The second kappa shape index (κ2) is 7.02. The molecule has 4 heteroatoms. The molecule has 1 fully saturated rings. The van der Waals surface area contributed by atoms with E-state index in [1.807, 2.05) is 19.1 Å². The predicted molar refractivity (Wildman–Crippen MR) is 76.0 cm³/mol. The van der Waals surface area contributed by atoms with Crippen LogP contribution in [0.1, 0.15) is 51.1 Å². The number of alkyl halides is 2. The van der Waals surface area contributed by atoms with E-state index in [9.17, 15) is 8.78 Å². The Bertz CT molecular complexity index is 425. The topological polar surface area (TPSA) is 21.3 Å². The first-order chi connectivity index (χ1) is 9.58. The van der Waals surface area contributed by atoms with E-state index in [-0.39, 0.29) is 11.8 Å². The summed E-state index contributed by atoms with van der Waals surface area (Å²) < 4.78 is 29.5. The highest BCUT2D eigenvalue weighted by molar-refractivity contribution is 5.35. The molecule has 0 bridgehead atoms. The van der Waals surface area contributed by atoms with Crippen molar-refractivity contribution in [3.8, 4) is 5.75 Å². The molecule has 112 valence electrons. The van der Waals surface area contributed by atoms with Crippen molar-refractivity contribution in [1.82, 2.24) is 5.32 Å². The zero-order chi connectivity index (χ0) is 14.5. The highest BCUT2D eigenvalue weighted by Crippen LogP contribution is 2.30. The van der Waals surface area contributed by atoms with Crippen molar-refractivity contribution in [2.75, 3.05) is 0 Å². The molecule has 0 aliphatic heterocycles. The van der Waals surface area contributed by atoms with E-state index in [1.165, 1.54) is 19.3 Å². The second-order valence-electron chi connectivity index (χ2n) is 5.67. The Morgan fingerprint density at radius 2 is 1.90 bits per heavy atom. The van der Waals surface area contributed by atoms with Gasteiger partial charge in [0.15, 0.2) is 0 Å². The summed E-state index contributed by atoms with van der Waals surface area (Å²) in [7, 11) is 0. The van der Waals surface area contributed by atoms with Gasteiger partial charge in [0.05, 0.1) is 0 Å². The van der Waals surface area contributed by atoms with Crippen LogP contribution in [0.25, 0.3) is 0 Å². The van der Waals surface area contributed by atoms with Gasteiger partial charge in [-0.1, -0.05) is 38.0 Å². The van der Waals surface area contributed by atoms with Crippen LogP contribution in [0.5, 0.6) is 5.75 Å². The number of para-hydroxylation sites is 1. The first kappa shape index (κ1) is 15.2. The third-order valence-corrected chi connectivity index (χ3v) is 4.18. The molecule has 1 aliphatic carbocycles. The Labute approximate surface area is 119 Å². The van der Waals surface area contributed by atoms with E-state index in [1.54, 1.807) is 12.1 Å². The smallest absolute Gasteiger partial charge is 0.387 e. The average Bonchev–Trinajstić information content (AvgIpc) is 2.41. The molecule has 1 saturated carbocycles. The summed E-state index contributed by atoms with van der Waals surface area (Å²) in [5.41, 5.74) is 0.797. The molecule has 0 heterocycles. The molecule has 2 rings (SSSR count). The molecule has 1 aromatic carbocycles. The first-order valence-electron chi connectivity index (χ1n) is 7.37. The van der Waals surface area contributed by atoms with E-state index in [0.29, 0.717) is 12.0 Å². The maximum atomic E-state index is 12.4. The quantitative estimate of drug-likeness (QED) is 0.858. The van der Waals surface area contributed by atoms with Crippen LogP contribution in [0.2, 0.25) is 0 Å². The zero-order valence-electron chi connectivity index (χ0n) is 12.1. The van der Waals surface area contributed by atoms with Crippen LogP contribution in [0.4, 0.5) is 8.78 Å². The van der Waals surface area contributed by atoms with Crippen LogP contribution in [-0.4, -0.2) is 12.7 Å². The van der Waals surface area contributed by atoms with Crippen molar-refractivity contribution >= 4 is 0 Å². The Morgan fingerprint density at radius 3 is 2.60 bits per heavy atom. The maximum absolute atomic E-state index is 12.4. The molecular formula is C16H23F2NO. The largest absolute Gasteiger partial charge is 0.434 e. The summed E-state index contributed by atoms with van der Waals surface area (Å²) in [6, 6.07) is 7.49. The normalized spacial score (nSPS) is 24.6. The molecular weight excluding hydrogens is 260 g/mol. The zero-order valence-corrected chi connectivity index (χ0v) is 12.1. The molecule has 1 aliphatic rings. The number of benzene rings is 1. The van der Waals surface area contributed by atoms with Crippen LogP contribution in [0.3, 0.4) is 0 Å². The third-order valence-electron chi connectivity index (χ3n) is 4.18. The molecule has 3 unspecified atom stereocenters. The molecule has 0 amide bonds. The van der Waals surface area contributed by atoms with Crippen LogP contribution in [0.15, 0.2) is 24.3 Å². The lowest BCUT2D eigenvalue weighted by Crippen LogP contribution is -2.38. The van der Waals surface area contributed by atoms with Gasteiger partial charge in [0.2, 0.25) is 0 Å². The lowest BCUT2D eigenvalue weighted by atomic mass is 9.85. The summed E-state index contributed by atoms with van der Waals surface area (Å²) in [5.74, 6) is 0.903. The highest BCUT2D eigenvalue weighted by atomic mass is 19.3. The molecule has 0 saturated heterocycles. The molecule has 3 atom stereocenters. The van der Waals surface area contributed by atoms with Crippen LogP contribution in [-0.2, 0) is 0 Å². The van der Waals surface area contributed by atoms with Crippen LogP contribution < -0.4 is 10.1 Å². The standard InChI is InChI=1S/C16H23F2NO/c1-11-7-3-5-9-14(11)19-12(2)13-8-4-6-10-15(13)20-16(17)18/h4,6,8,10-12,14,16,19H,3,5,7,9H2,1-2H3. The summed E-state index contributed by atoms with van der Waals surface area (Å²) in [6.07, 6.45) is 4.92. The van der Waals surface area contributed by atoms with Crippen molar-refractivity contribution < 1.29 is 13.5 Å². The highest BCUT2D eigenvalue weighted by Gasteiger charge is 2.24. The van der Waals surface area contributed by atoms with Crippen LogP contribution >= 0.6 is 0 Å². The van der Waals surface area contributed by atoms with Gasteiger partial charge in [0.1, 0.15) is 5.75 Å². The lowest BCUT2D eigenvalue weighted by Gasteiger charge is -2.32. The lowest BCUT2D eigenvalue weighted by molar-refractivity contribution is -0.0507. The fourth-order valence-electron chi connectivity index (χ4n) is 3.02. The fourth-order valence-corrected chi connectivity index (χ4v) is 3.02. The van der Waals surface area contributed by atoms with Crippen LogP contribution in [0, 0.1) is 5.92 Å². The Kier molecular flexibility index (Phi) is 5.35. The number of ether oxygens (including phenoxy) is 1. The molecule has 1 aromatic rings.